The summed E-state index contributed by atoms with van der Waals surface area (Å²) in [5.41, 5.74) is 0.577. The number of sulfonamides is 1. The second-order valence-corrected chi connectivity index (χ2v) is 8.18. The summed E-state index contributed by atoms with van der Waals surface area (Å²) in [7, 11) is -6.86. The van der Waals surface area contributed by atoms with Gasteiger partial charge < -0.3 is 0 Å². The Hall–Kier alpha value is -1.18. The van der Waals surface area contributed by atoms with Gasteiger partial charge in [0.1, 0.15) is 0 Å². The van der Waals surface area contributed by atoms with Crippen LogP contribution in [-0.2, 0) is 26.3 Å². The van der Waals surface area contributed by atoms with Crippen LogP contribution in [0.3, 0.4) is 0 Å². The van der Waals surface area contributed by atoms with Crippen molar-refractivity contribution in [3.63, 3.8) is 0 Å². The molecule has 0 fully saturated rings. The minimum Gasteiger partial charge on any atom is -0.224 e. The summed E-state index contributed by atoms with van der Waals surface area (Å²) in [5, 5.41) is 0. The lowest BCUT2D eigenvalue weighted by molar-refractivity contribution is 0.580. The topological polar surface area (TPSA) is 80.3 Å². The second-order valence-electron chi connectivity index (χ2n) is 4.33. The van der Waals surface area contributed by atoms with E-state index in [4.69, 9.17) is 0 Å². The average Bonchev–Trinajstić information content (AvgIpc) is 2.35. The van der Waals surface area contributed by atoms with Crippen LogP contribution in [-0.4, -0.2) is 29.1 Å². The van der Waals surface area contributed by atoms with Crippen molar-refractivity contribution >= 4 is 19.9 Å². The van der Waals surface area contributed by atoms with Gasteiger partial charge in [0.25, 0.3) is 0 Å². The third kappa shape index (κ3) is 2.88. The van der Waals surface area contributed by atoms with E-state index in [2.05, 4.69) is 11.3 Å². The van der Waals surface area contributed by atoms with Gasteiger partial charge in [0, 0.05) is 6.54 Å². The highest BCUT2D eigenvalue weighted by molar-refractivity contribution is 7.91. The van der Waals surface area contributed by atoms with Gasteiger partial charge in [-0.1, -0.05) is 6.08 Å². The zero-order chi connectivity index (χ0) is 14.1. The summed E-state index contributed by atoms with van der Waals surface area (Å²) in [6, 6.07) is 4.15. The van der Waals surface area contributed by atoms with E-state index in [0.29, 0.717) is 18.4 Å². The van der Waals surface area contributed by atoms with Crippen LogP contribution in [0.2, 0.25) is 0 Å². The molecule has 0 spiro atoms. The highest BCUT2D eigenvalue weighted by Gasteiger charge is 2.25. The van der Waals surface area contributed by atoms with E-state index in [9.17, 15) is 16.8 Å². The number of rotatable bonds is 4. The number of nitrogens with one attached hydrogen (secondary N) is 1. The third-order valence-corrected chi connectivity index (χ3v) is 6.27. The third-order valence-electron chi connectivity index (χ3n) is 2.95. The Morgan fingerprint density at radius 3 is 2.79 bits per heavy atom. The van der Waals surface area contributed by atoms with Crippen LogP contribution in [0.25, 0.3) is 0 Å². The van der Waals surface area contributed by atoms with Crippen LogP contribution in [0.4, 0.5) is 0 Å². The molecular formula is C12H15NO4S2. The van der Waals surface area contributed by atoms with E-state index in [0.717, 1.165) is 0 Å². The SMILES string of the molecule is C=CCNS(=O)(=O)c1ccc2c(c1)CCCS2(=O)=O. The van der Waals surface area contributed by atoms with Crippen molar-refractivity contribution in [2.75, 3.05) is 12.3 Å². The normalized spacial score (nSPS) is 17.7. The largest absolute Gasteiger partial charge is 0.240 e. The van der Waals surface area contributed by atoms with E-state index in [1.54, 1.807) is 0 Å². The summed E-state index contributed by atoms with van der Waals surface area (Å²) in [6.07, 6.45) is 2.55. The smallest absolute Gasteiger partial charge is 0.224 e. The van der Waals surface area contributed by atoms with Gasteiger partial charge in [0.2, 0.25) is 10.0 Å². The van der Waals surface area contributed by atoms with E-state index in [1.165, 1.54) is 24.3 Å². The monoisotopic (exact) mass is 301 g/mol. The number of fused-ring (bicyclic) bond motifs is 1. The average molecular weight is 301 g/mol. The molecule has 1 aliphatic rings. The molecule has 0 amide bonds. The lowest BCUT2D eigenvalue weighted by Crippen LogP contribution is -2.24. The molecule has 2 rings (SSSR count). The molecule has 7 heteroatoms. The lowest BCUT2D eigenvalue weighted by atomic mass is 10.1. The number of hydrogen-bond donors (Lipinski definition) is 1. The molecule has 1 aromatic rings. The quantitative estimate of drug-likeness (QED) is 0.837. The summed E-state index contributed by atoms with van der Waals surface area (Å²) in [4.78, 5) is 0.339. The molecule has 0 atom stereocenters. The standard InChI is InChI=1S/C12H15NO4S2/c1-2-7-13-19(16,17)11-5-6-12-10(9-11)4-3-8-18(12,14)15/h2,5-6,9,13H,1,3-4,7-8H2. The molecule has 1 aliphatic heterocycles. The van der Waals surface area contributed by atoms with Crippen molar-refractivity contribution in [3.05, 3.63) is 36.4 Å². The highest BCUT2D eigenvalue weighted by Crippen LogP contribution is 2.27. The first-order valence-corrected chi connectivity index (χ1v) is 8.96. The van der Waals surface area contributed by atoms with Gasteiger partial charge in [-0.15, -0.1) is 6.58 Å². The van der Waals surface area contributed by atoms with E-state index in [1.807, 2.05) is 0 Å². The molecule has 0 unspecified atom stereocenters. The number of sulfone groups is 1. The molecule has 5 nitrogen and oxygen atoms in total. The van der Waals surface area contributed by atoms with Crippen molar-refractivity contribution in [2.24, 2.45) is 0 Å². The van der Waals surface area contributed by atoms with Crippen LogP contribution >= 0.6 is 0 Å². The van der Waals surface area contributed by atoms with Crippen molar-refractivity contribution < 1.29 is 16.8 Å². The zero-order valence-electron chi connectivity index (χ0n) is 10.3. The fraction of sp³-hybridized carbons (Fsp3) is 0.333. The molecule has 19 heavy (non-hydrogen) atoms. The fourth-order valence-electron chi connectivity index (χ4n) is 2.04. The second kappa shape index (κ2) is 5.07. The molecule has 0 saturated heterocycles. The maximum absolute atomic E-state index is 11.9. The lowest BCUT2D eigenvalue weighted by Gasteiger charge is -2.17. The Kier molecular flexibility index (Phi) is 3.80. The molecule has 0 aliphatic carbocycles. The molecule has 1 heterocycles. The maximum Gasteiger partial charge on any atom is 0.240 e. The van der Waals surface area contributed by atoms with E-state index < -0.39 is 19.9 Å². The molecule has 0 saturated carbocycles. The fourth-order valence-corrected chi connectivity index (χ4v) is 4.66. The number of aryl methyl sites for hydroxylation is 1. The first-order chi connectivity index (χ1) is 8.87. The van der Waals surface area contributed by atoms with Gasteiger partial charge in [0.15, 0.2) is 9.84 Å². The zero-order valence-corrected chi connectivity index (χ0v) is 11.9. The Bertz CT molecular complexity index is 705. The van der Waals surface area contributed by atoms with Gasteiger partial charge in [0.05, 0.1) is 15.5 Å². The van der Waals surface area contributed by atoms with Crippen molar-refractivity contribution in [1.82, 2.24) is 4.72 Å². The summed E-state index contributed by atoms with van der Waals surface area (Å²) in [6.45, 7) is 3.58. The van der Waals surface area contributed by atoms with Crippen LogP contribution < -0.4 is 4.72 Å². The van der Waals surface area contributed by atoms with Crippen molar-refractivity contribution in [2.45, 2.75) is 22.6 Å². The van der Waals surface area contributed by atoms with Gasteiger partial charge in [-0.05, 0) is 36.6 Å². The summed E-state index contributed by atoms with van der Waals surface area (Å²) < 4.78 is 49.9. The van der Waals surface area contributed by atoms with Gasteiger partial charge >= 0.3 is 0 Å². The van der Waals surface area contributed by atoms with Crippen molar-refractivity contribution in [3.8, 4) is 0 Å². The Morgan fingerprint density at radius 1 is 1.37 bits per heavy atom. The number of hydrogen-bond acceptors (Lipinski definition) is 4. The minimum absolute atomic E-state index is 0.0881. The van der Waals surface area contributed by atoms with Crippen LogP contribution in [0.1, 0.15) is 12.0 Å². The Labute approximate surface area is 113 Å². The van der Waals surface area contributed by atoms with Gasteiger partial charge in [-0.25, -0.2) is 21.6 Å². The Morgan fingerprint density at radius 2 is 2.11 bits per heavy atom. The summed E-state index contributed by atoms with van der Waals surface area (Å²) >= 11 is 0. The van der Waals surface area contributed by atoms with Crippen LogP contribution in [0, 0.1) is 0 Å². The number of benzene rings is 1. The molecule has 0 bridgehead atoms. The van der Waals surface area contributed by atoms with E-state index in [-0.39, 0.29) is 22.1 Å². The predicted molar refractivity (Wildman–Crippen MR) is 72.2 cm³/mol. The molecule has 104 valence electrons. The maximum atomic E-state index is 11.9. The van der Waals surface area contributed by atoms with Gasteiger partial charge in [-0.3, -0.25) is 0 Å². The predicted octanol–water partition coefficient (Wildman–Crippen LogP) is 0.871. The van der Waals surface area contributed by atoms with Crippen LogP contribution in [0.5, 0.6) is 0 Å². The highest BCUT2D eigenvalue weighted by atomic mass is 32.2. The first-order valence-electron chi connectivity index (χ1n) is 5.83. The molecule has 1 N–H and O–H groups in total. The minimum atomic E-state index is -3.61. The Balaban J connectivity index is 2.45. The molecular weight excluding hydrogens is 286 g/mol. The van der Waals surface area contributed by atoms with Crippen molar-refractivity contribution in [1.29, 1.82) is 0 Å². The van der Waals surface area contributed by atoms with E-state index >= 15 is 0 Å². The first kappa shape index (κ1) is 14.2. The molecule has 1 aromatic carbocycles. The molecule has 0 aromatic heterocycles. The summed E-state index contributed by atoms with van der Waals surface area (Å²) in [5.74, 6) is 0.126. The molecule has 0 radical (unpaired) electrons. The van der Waals surface area contributed by atoms with Gasteiger partial charge in [-0.2, -0.15) is 0 Å². The van der Waals surface area contributed by atoms with Crippen LogP contribution in [0.15, 0.2) is 40.6 Å².